The predicted molar refractivity (Wildman–Crippen MR) is 46.8 cm³/mol. The van der Waals surface area contributed by atoms with E-state index in [0.29, 0.717) is 6.29 Å². The second kappa shape index (κ2) is 5.14. The van der Waals surface area contributed by atoms with Gasteiger partial charge in [-0.25, -0.2) is 9.59 Å². The van der Waals surface area contributed by atoms with E-state index in [0.717, 1.165) is 6.08 Å². The first-order valence-corrected chi connectivity index (χ1v) is 4.26. The Labute approximate surface area is 85.8 Å². The SMILES string of the molecule is COC(=O)C=C1CC(CC=O)OC(=O)O1. The number of methoxy groups -OCH3 is 1. The van der Waals surface area contributed by atoms with Gasteiger partial charge in [0.1, 0.15) is 18.1 Å². The predicted octanol–water partition coefficient (Wildman–Crippen LogP) is 0.558. The molecule has 1 atom stereocenters. The molecule has 1 fully saturated rings. The molecule has 0 radical (unpaired) electrons. The minimum absolute atomic E-state index is 0.0770. The average molecular weight is 214 g/mol. The lowest BCUT2D eigenvalue weighted by atomic mass is 10.1. The van der Waals surface area contributed by atoms with Crippen molar-refractivity contribution in [3.8, 4) is 0 Å². The van der Waals surface area contributed by atoms with E-state index in [-0.39, 0.29) is 18.6 Å². The van der Waals surface area contributed by atoms with Crippen molar-refractivity contribution in [2.75, 3.05) is 7.11 Å². The number of hydrogen-bond acceptors (Lipinski definition) is 6. The third-order valence-corrected chi connectivity index (χ3v) is 1.75. The number of rotatable bonds is 3. The highest BCUT2D eigenvalue weighted by Gasteiger charge is 2.26. The minimum Gasteiger partial charge on any atom is -0.466 e. The van der Waals surface area contributed by atoms with Crippen LogP contribution in [0.5, 0.6) is 0 Å². The van der Waals surface area contributed by atoms with Crippen molar-refractivity contribution in [1.82, 2.24) is 0 Å². The Balaban J connectivity index is 2.66. The summed E-state index contributed by atoms with van der Waals surface area (Å²) in [5, 5.41) is 0. The van der Waals surface area contributed by atoms with Gasteiger partial charge in [0.05, 0.1) is 13.2 Å². The Kier molecular flexibility index (Phi) is 3.84. The van der Waals surface area contributed by atoms with Crippen LogP contribution in [0.25, 0.3) is 0 Å². The first-order chi connectivity index (χ1) is 7.15. The molecule has 82 valence electrons. The van der Waals surface area contributed by atoms with Gasteiger partial charge < -0.3 is 19.0 Å². The Bertz CT molecular complexity index is 306. The smallest absolute Gasteiger partial charge is 0.466 e. The molecule has 0 saturated carbocycles. The molecular formula is C9H10O6. The summed E-state index contributed by atoms with van der Waals surface area (Å²) in [6.07, 6.45) is 0.479. The van der Waals surface area contributed by atoms with Gasteiger partial charge in [0, 0.05) is 12.8 Å². The number of carbonyl (C=O) groups excluding carboxylic acids is 3. The highest BCUT2D eigenvalue weighted by molar-refractivity contribution is 5.83. The number of aldehydes is 1. The molecule has 1 aliphatic heterocycles. The molecular weight excluding hydrogens is 204 g/mol. The fourth-order valence-corrected chi connectivity index (χ4v) is 1.09. The summed E-state index contributed by atoms with van der Waals surface area (Å²) in [4.78, 5) is 31.9. The molecule has 0 amide bonds. The average Bonchev–Trinajstić information content (AvgIpc) is 2.17. The van der Waals surface area contributed by atoms with Crippen molar-refractivity contribution in [3.05, 3.63) is 11.8 Å². The summed E-state index contributed by atoms with van der Waals surface area (Å²) in [7, 11) is 1.21. The van der Waals surface area contributed by atoms with E-state index in [2.05, 4.69) is 14.2 Å². The van der Waals surface area contributed by atoms with Crippen molar-refractivity contribution in [1.29, 1.82) is 0 Å². The second-order valence-corrected chi connectivity index (χ2v) is 2.83. The van der Waals surface area contributed by atoms with Crippen molar-refractivity contribution in [2.24, 2.45) is 0 Å². The third kappa shape index (κ3) is 3.41. The standard InChI is InChI=1S/C9H10O6/c1-13-8(11)5-7-4-6(2-3-10)14-9(12)15-7/h3,5-6H,2,4H2,1H3. The van der Waals surface area contributed by atoms with E-state index in [1.165, 1.54) is 7.11 Å². The van der Waals surface area contributed by atoms with Crippen LogP contribution in [0.15, 0.2) is 11.8 Å². The van der Waals surface area contributed by atoms with Crippen LogP contribution in [-0.4, -0.2) is 31.6 Å². The van der Waals surface area contributed by atoms with Gasteiger partial charge in [-0.2, -0.15) is 0 Å². The van der Waals surface area contributed by atoms with Gasteiger partial charge in [-0.3, -0.25) is 0 Å². The number of cyclic esters (lactones) is 2. The lowest BCUT2D eigenvalue weighted by molar-refractivity contribution is -0.135. The van der Waals surface area contributed by atoms with Gasteiger partial charge in [-0.05, 0) is 0 Å². The molecule has 1 saturated heterocycles. The van der Waals surface area contributed by atoms with Crippen LogP contribution in [0.2, 0.25) is 0 Å². The number of carbonyl (C=O) groups is 3. The highest BCUT2D eigenvalue weighted by Crippen LogP contribution is 2.20. The zero-order valence-corrected chi connectivity index (χ0v) is 8.10. The van der Waals surface area contributed by atoms with Crippen LogP contribution >= 0.6 is 0 Å². The van der Waals surface area contributed by atoms with E-state index >= 15 is 0 Å². The molecule has 0 aromatic rings. The fraction of sp³-hybridized carbons (Fsp3) is 0.444. The van der Waals surface area contributed by atoms with Gasteiger partial charge in [0.2, 0.25) is 0 Å². The quantitative estimate of drug-likeness (QED) is 0.388. The lowest BCUT2D eigenvalue weighted by Crippen LogP contribution is -2.26. The molecule has 1 aliphatic rings. The highest BCUT2D eigenvalue weighted by atomic mass is 16.7. The van der Waals surface area contributed by atoms with Crippen molar-refractivity contribution >= 4 is 18.4 Å². The van der Waals surface area contributed by atoms with Gasteiger partial charge in [0.15, 0.2) is 0 Å². The Hall–Kier alpha value is -1.85. The molecule has 0 N–H and O–H groups in total. The molecule has 6 heteroatoms. The largest absolute Gasteiger partial charge is 0.513 e. The number of hydrogen-bond donors (Lipinski definition) is 0. The zero-order chi connectivity index (χ0) is 11.3. The normalized spacial score (nSPS) is 22.9. The summed E-state index contributed by atoms with van der Waals surface area (Å²) in [5.74, 6) is -0.477. The van der Waals surface area contributed by atoms with Crippen molar-refractivity contribution in [3.63, 3.8) is 0 Å². The minimum atomic E-state index is -0.914. The van der Waals surface area contributed by atoms with Crippen LogP contribution in [0, 0.1) is 0 Å². The van der Waals surface area contributed by atoms with E-state index in [1.807, 2.05) is 0 Å². The molecule has 0 aromatic carbocycles. The Morgan fingerprint density at radius 1 is 1.67 bits per heavy atom. The van der Waals surface area contributed by atoms with E-state index in [9.17, 15) is 14.4 Å². The number of ether oxygens (including phenoxy) is 3. The van der Waals surface area contributed by atoms with Crippen LogP contribution in [0.1, 0.15) is 12.8 Å². The number of esters is 1. The summed E-state index contributed by atoms with van der Waals surface area (Å²) in [6.45, 7) is 0. The molecule has 0 aromatic heterocycles. The van der Waals surface area contributed by atoms with Crippen molar-refractivity contribution < 1.29 is 28.6 Å². The summed E-state index contributed by atoms with van der Waals surface area (Å²) >= 11 is 0. The maximum Gasteiger partial charge on any atom is 0.513 e. The zero-order valence-electron chi connectivity index (χ0n) is 8.10. The molecule has 0 bridgehead atoms. The van der Waals surface area contributed by atoms with E-state index in [4.69, 9.17) is 0 Å². The lowest BCUT2D eigenvalue weighted by Gasteiger charge is -2.22. The van der Waals surface area contributed by atoms with Crippen LogP contribution in [0.3, 0.4) is 0 Å². The van der Waals surface area contributed by atoms with Gasteiger partial charge in [-0.1, -0.05) is 0 Å². The Morgan fingerprint density at radius 2 is 2.40 bits per heavy atom. The molecule has 15 heavy (non-hydrogen) atoms. The third-order valence-electron chi connectivity index (χ3n) is 1.75. The summed E-state index contributed by atoms with van der Waals surface area (Å²) < 4.78 is 13.7. The first-order valence-electron chi connectivity index (χ1n) is 4.26. The first kappa shape index (κ1) is 11.2. The van der Waals surface area contributed by atoms with Crippen LogP contribution in [0.4, 0.5) is 4.79 Å². The molecule has 6 nitrogen and oxygen atoms in total. The van der Waals surface area contributed by atoms with Gasteiger partial charge in [0.25, 0.3) is 0 Å². The van der Waals surface area contributed by atoms with Gasteiger partial charge >= 0.3 is 12.1 Å². The fourth-order valence-electron chi connectivity index (χ4n) is 1.09. The summed E-state index contributed by atoms with van der Waals surface area (Å²) in [6, 6.07) is 0. The monoisotopic (exact) mass is 214 g/mol. The maximum atomic E-state index is 10.9. The molecule has 0 aliphatic carbocycles. The maximum absolute atomic E-state index is 10.9. The Morgan fingerprint density at radius 3 is 3.00 bits per heavy atom. The van der Waals surface area contributed by atoms with E-state index < -0.39 is 18.2 Å². The van der Waals surface area contributed by atoms with Crippen LogP contribution < -0.4 is 0 Å². The van der Waals surface area contributed by atoms with E-state index in [1.54, 1.807) is 0 Å². The molecule has 1 heterocycles. The summed E-state index contributed by atoms with van der Waals surface area (Å²) in [5.41, 5.74) is 0. The molecule has 1 unspecified atom stereocenters. The van der Waals surface area contributed by atoms with Crippen molar-refractivity contribution in [2.45, 2.75) is 18.9 Å². The second-order valence-electron chi connectivity index (χ2n) is 2.83. The molecule has 0 spiro atoms. The molecule has 1 rings (SSSR count). The van der Waals surface area contributed by atoms with Gasteiger partial charge in [-0.15, -0.1) is 0 Å². The van der Waals surface area contributed by atoms with Crippen LogP contribution in [-0.2, 0) is 23.8 Å². The topological polar surface area (TPSA) is 78.9 Å².